The Labute approximate surface area is 86.9 Å². The lowest BCUT2D eigenvalue weighted by molar-refractivity contribution is -0.144. The van der Waals surface area contributed by atoms with E-state index in [1.165, 1.54) is 6.92 Å². The van der Waals surface area contributed by atoms with E-state index in [0.717, 1.165) is 0 Å². The van der Waals surface area contributed by atoms with Crippen LogP contribution >= 0.6 is 12.6 Å². The van der Waals surface area contributed by atoms with E-state index in [1.54, 1.807) is 0 Å². The fourth-order valence-electron chi connectivity index (χ4n) is 0.732. The second-order valence-electron chi connectivity index (χ2n) is 2.85. The highest BCUT2D eigenvalue weighted by Gasteiger charge is 2.26. The minimum atomic E-state index is -1.34. The molecule has 1 amide bonds. The third kappa shape index (κ3) is 3.95. The van der Waals surface area contributed by atoms with Crippen molar-refractivity contribution in [3.05, 3.63) is 0 Å². The van der Waals surface area contributed by atoms with Crippen LogP contribution in [0.15, 0.2) is 0 Å². The second-order valence-corrected chi connectivity index (χ2v) is 3.22. The normalized spacial score (nSPS) is 16.9. The lowest BCUT2D eigenvalue weighted by Gasteiger charge is -2.18. The Morgan fingerprint density at radius 1 is 1.57 bits per heavy atom. The molecule has 82 valence electrons. The van der Waals surface area contributed by atoms with Crippen molar-refractivity contribution in [2.24, 2.45) is 5.73 Å². The summed E-state index contributed by atoms with van der Waals surface area (Å²) in [6.07, 6.45) is -1.18. The van der Waals surface area contributed by atoms with Gasteiger partial charge in [-0.05, 0) is 6.92 Å². The summed E-state index contributed by atoms with van der Waals surface area (Å²) in [6, 6.07) is -2.22. The summed E-state index contributed by atoms with van der Waals surface area (Å²) in [6.45, 7) is 1.27. The standard InChI is InChI=1S/C7H14N2O4S/c1-3(10)5(7(12)13)9-6(11)4(8)2-14/h3-5,10,14H,2,8H2,1H3,(H,9,11)(H,12,13)/t3-,4+,5+/m1/s1. The SMILES string of the molecule is C[C@@H](O)[C@H](NC(=O)[C@@H](N)CS)C(=O)O. The van der Waals surface area contributed by atoms with E-state index in [9.17, 15) is 9.59 Å². The number of thiol groups is 1. The van der Waals surface area contributed by atoms with Crippen LogP contribution in [-0.4, -0.2) is 46.0 Å². The molecule has 0 aliphatic rings. The average molecular weight is 222 g/mol. The van der Waals surface area contributed by atoms with E-state index in [2.05, 4.69) is 17.9 Å². The van der Waals surface area contributed by atoms with Crippen LogP contribution in [-0.2, 0) is 9.59 Å². The van der Waals surface area contributed by atoms with Crippen LogP contribution in [0.3, 0.4) is 0 Å². The average Bonchev–Trinajstić information content (AvgIpc) is 2.11. The number of nitrogens with two attached hydrogens (primary N) is 1. The van der Waals surface area contributed by atoms with E-state index in [1.807, 2.05) is 0 Å². The number of hydrogen-bond donors (Lipinski definition) is 5. The minimum Gasteiger partial charge on any atom is -0.480 e. The summed E-state index contributed by atoms with van der Waals surface area (Å²) in [5.74, 6) is -1.84. The predicted molar refractivity (Wildman–Crippen MR) is 53.1 cm³/mol. The highest BCUT2D eigenvalue weighted by Crippen LogP contribution is 1.94. The van der Waals surface area contributed by atoms with E-state index in [0.29, 0.717) is 0 Å². The van der Waals surface area contributed by atoms with Gasteiger partial charge in [0.2, 0.25) is 5.91 Å². The number of carboxylic acids is 1. The molecule has 0 fully saturated rings. The van der Waals surface area contributed by atoms with Gasteiger partial charge in [-0.15, -0.1) is 0 Å². The molecule has 0 saturated carbocycles. The first-order chi connectivity index (χ1) is 6.40. The molecule has 0 radical (unpaired) electrons. The summed E-state index contributed by atoms with van der Waals surface area (Å²) in [4.78, 5) is 21.7. The smallest absolute Gasteiger partial charge is 0.328 e. The first-order valence-corrected chi connectivity index (χ1v) is 4.61. The highest BCUT2D eigenvalue weighted by molar-refractivity contribution is 7.80. The molecule has 6 nitrogen and oxygen atoms in total. The number of hydrogen-bond acceptors (Lipinski definition) is 5. The molecule has 0 aromatic rings. The van der Waals surface area contributed by atoms with E-state index >= 15 is 0 Å². The summed E-state index contributed by atoms with van der Waals surface area (Å²) in [5.41, 5.74) is 5.30. The molecule has 3 atom stereocenters. The number of aliphatic carboxylic acids is 1. The quantitative estimate of drug-likeness (QED) is 0.352. The van der Waals surface area contributed by atoms with Gasteiger partial charge in [-0.25, -0.2) is 4.79 Å². The maximum absolute atomic E-state index is 11.1. The molecule has 0 heterocycles. The van der Waals surface area contributed by atoms with Crippen LogP contribution in [0.4, 0.5) is 0 Å². The van der Waals surface area contributed by atoms with Gasteiger partial charge < -0.3 is 21.3 Å². The van der Waals surface area contributed by atoms with E-state index < -0.39 is 30.1 Å². The lowest BCUT2D eigenvalue weighted by atomic mass is 10.1. The van der Waals surface area contributed by atoms with Crippen LogP contribution in [0, 0.1) is 0 Å². The molecular formula is C7H14N2O4S. The van der Waals surface area contributed by atoms with Gasteiger partial charge in [-0.1, -0.05) is 0 Å². The maximum Gasteiger partial charge on any atom is 0.328 e. The van der Waals surface area contributed by atoms with Gasteiger partial charge in [0.1, 0.15) is 0 Å². The van der Waals surface area contributed by atoms with Gasteiger partial charge in [0.25, 0.3) is 0 Å². The molecule has 0 saturated heterocycles. The Balaban J connectivity index is 4.31. The minimum absolute atomic E-state index is 0.109. The molecule has 0 aromatic carbocycles. The molecule has 0 spiro atoms. The zero-order chi connectivity index (χ0) is 11.3. The molecule has 0 rings (SSSR count). The third-order valence-corrected chi connectivity index (χ3v) is 1.97. The molecule has 0 bridgehead atoms. The van der Waals surface area contributed by atoms with Gasteiger partial charge >= 0.3 is 5.97 Å². The number of aliphatic hydroxyl groups excluding tert-OH is 1. The first-order valence-electron chi connectivity index (χ1n) is 3.97. The van der Waals surface area contributed by atoms with Crippen molar-refractivity contribution < 1.29 is 19.8 Å². The topological polar surface area (TPSA) is 113 Å². The molecule has 14 heavy (non-hydrogen) atoms. The van der Waals surface area contributed by atoms with Gasteiger partial charge in [0.15, 0.2) is 6.04 Å². The van der Waals surface area contributed by atoms with Crippen molar-refractivity contribution in [1.82, 2.24) is 5.32 Å². The number of rotatable bonds is 5. The fourth-order valence-corrected chi connectivity index (χ4v) is 0.898. The van der Waals surface area contributed by atoms with Gasteiger partial charge in [-0.3, -0.25) is 4.79 Å². The van der Waals surface area contributed by atoms with Crippen molar-refractivity contribution in [2.45, 2.75) is 25.1 Å². The zero-order valence-corrected chi connectivity index (χ0v) is 8.57. The number of carbonyl (C=O) groups excluding carboxylic acids is 1. The van der Waals surface area contributed by atoms with Crippen molar-refractivity contribution >= 4 is 24.5 Å². The Morgan fingerprint density at radius 3 is 2.36 bits per heavy atom. The van der Waals surface area contributed by atoms with Crippen LogP contribution in [0.5, 0.6) is 0 Å². The van der Waals surface area contributed by atoms with Crippen molar-refractivity contribution in [1.29, 1.82) is 0 Å². The highest BCUT2D eigenvalue weighted by atomic mass is 32.1. The van der Waals surface area contributed by atoms with Gasteiger partial charge in [-0.2, -0.15) is 12.6 Å². The Kier molecular flexibility index (Phi) is 5.51. The van der Waals surface area contributed by atoms with Gasteiger partial charge in [0.05, 0.1) is 12.1 Å². The predicted octanol–water partition coefficient (Wildman–Crippen LogP) is -1.81. The maximum atomic E-state index is 11.1. The third-order valence-electron chi connectivity index (χ3n) is 1.58. The van der Waals surface area contributed by atoms with Crippen molar-refractivity contribution in [2.75, 3.05) is 5.75 Å². The number of aliphatic hydroxyl groups is 1. The zero-order valence-electron chi connectivity index (χ0n) is 7.67. The Morgan fingerprint density at radius 2 is 2.07 bits per heavy atom. The molecule has 0 unspecified atom stereocenters. The number of carboxylic acid groups (broad SMARTS) is 1. The van der Waals surface area contributed by atoms with E-state index in [-0.39, 0.29) is 5.75 Å². The molecule has 0 aliphatic heterocycles. The number of amides is 1. The molecule has 0 aliphatic carbocycles. The Hall–Kier alpha value is -0.790. The monoisotopic (exact) mass is 222 g/mol. The molecule has 5 N–H and O–H groups in total. The summed E-state index contributed by atoms with van der Waals surface area (Å²) in [7, 11) is 0. The summed E-state index contributed by atoms with van der Waals surface area (Å²) < 4.78 is 0. The number of nitrogens with one attached hydrogen (secondary N) is 1. The Bertz CT molecular complexity index is 222. The largest absolute Gasteiger partial charge is 0.480 e. The van der Waals surface area contributed by atoms with Crippen LogP contribution in [0.25, 0.3) is 0 Å². The first kappa shape index (κ1) is 13.2. The molecule has 7 heteroatoms. The fraction of sp³-hybridized carbons (Fsp3) is 0.714. The van der Waals surface area contributed by atoms with Crippen LogP contribution in [0.2, 0.25) is 0 Å². The van der Waals surface area contributed by atoms with E-state index in [4.69, 9.17) is 15.9 Å². The number of carbonyl (C=O) groups is 2. The van der Waals surface area contributed by atoms with Gasteiger partial charge in [0, 0.05) is 5.75 Å². The van der Waals surface area contributed by atoms with Crippen LogP contribution < -0.4 is 11.1 Å². The lowest BCUT2D eigenvalue weighted by Crippen LogP contribution is -2.53. The van der Waals surface area contributed by atoms with Crippen LogP contribution in [0.1, 0.15) is 6.92 Å². The van der Waals surface area contributed by atoms with Crippen molar-refractivity contribution in [3.8, 4) is 0 Å². The molecule has 0 aromatic heterocycles. The molecular weight excluding hydrogens is 208 g/mol. The summed E-state index contributed by atoms with van der Waals surface area (Å²) in [5, 5.41) is 19.7. The second kappa shape index (κ2) is 5.84. The van der Waals surface area contributed by atoms with Crippen molar-refractivity contribution in [3.63, 3.8) is 0 Å². The summed E-state index contributed by atoms with van der Waals surface area (Å²) >= 11 is 3.79.